The molecule has 7 heteroatoms. The molecule has 4 rings (SSSR count). The van der Waals surface area contributed by atoms with Gasteiger partial charge in [0, 0.05) is 37.3 Å². The molecule has 0 bridgehead atoms. The van der Waals surface area contributed by atoms with Crippen molar-refractivity contribution in [2.45, 2.75) is 116 Å². The first-order valence-electron chi connectivity index (χ1n) is 15.2. The lowest BCUT2D eigenvalue weighted by Crippen LogP contribution is -2.63. The van der Waals surface area contributed by atoms with Crippen LogP contribution in [0.15, 0.2) is 77.0 Å². The molecule has 4 aliphatic rings. The van der Waals surface area contributed by atoms with Gasteiger partial charge in [-0.3, -0.25) is 4.90 Å². The third kappa shape index (κ3) is 7.16. The van der Waals surface area contributed by atoms with Crippen molar-refractivity contribution < 1.29 is 14.2 Å². The Balaban J connectivity index is 1.57. The second-order valence-corrected chi connectivity index (χ2v) is 11.9. The van der Waals surface area contributed by atoms with Gasteiger partial charge < -0.3 is 20.1 Å². The average molecular weight is 553 g/mol. The quantitative estimate of drug-likeness (QED) is 0.314. The van der Waals surface area contributed by atoms with Gasteiger partial charge in [0.1, 0.15) is 23.0 Å². The summed E-state index contributed by atoms with van der Waals surface area (Å²) in [4.78, 5) is 9.28. The molecule has 2 aliphatic carbocycles. The van der Waals surface area contributed by atoms with Crippen molar-refractivity contribution in [2.24, 2.45) is 4.99 Å². The fraction of sp³-hybridized carbons (Fsp3) is 0.606. The fourth-order valence-electron chi connectivity index (χ4n) is 6.58. The predicted molar refractivity (Wildman–Crippen MR) is 162 cm³/mol. The molecule has 3 atom stereocenters. The van der Waals surface area contributed by atoms with Gasteiger partial charge in [-0.2, -0.15) is 0 Å². The molecule has 2 fully saturated rings. The molecule has 3 unspecified atom stereocenters. The zero-order valence-corrected chi connectivity index (χ0v) is 24.9. The van der Waals surface area contributed by atoms with Crippen LogP contribution < -0.4 is 5.32 Å². The van der Waals surface area contributed by atoms with Crippen LogP contribution in [0.2, 0.25) is 0 Å². The van der Waals surface area contributed by atoms with E-state index in [4.69, 9.17) is 9.73 Å². The average Bonchev–Trinajstić information content (AvgIpc) is 3.03. The number of rotatable bonds is 9. The number of ether oxygens (including phenoxy) is 1. The number of halogens is 1. The highest BCUT2D eigenvalue weighted by Crippen LogP contribution is 2.42. The summed E-state index contributed by atoms with van der Waals surface area (Å²) in [5.41, 5.74) is 1.41. The Labute approximate surface area is 240 Å². The molecule has 2 heterocycles. The van der Waals surface area contributed by atoms with Crippen molar-refractivity contribution in [1.82, 2.24) is 15.1 Å². The number of hydrogen-bond acceptors (Lipinski definition) is 6. The molecule has 0 aromatic heterocycles. The minimum atomic E-state index is -1.06. The summed E-state index contributed by atoms with van der Waals surface area (Å²) in [6.07, 6.45) is 21.4. The van der Waals surface area contributed by atoms with Crippen molar-refractivity contribution in [2.75, 3.05) is 13.1 Å². The van der Waals surface area contributed by atoms with E-state index in [-0.39, 0.29) is 12.1 Å². The summed E-state index contributed by atoms with van der Waals surface area (Å²) in [5.74, 6) is 1.44. The van der Waals surface area contributed by atoms with Crippen LogP contribution in [0.5, 0.6) is 0 Å². The maximum absolute atomic E-state index is 14.5. The number of nitrogens with one attached hydrogen (secondary N) is 1. The van der Waals surface area contributed by atoms with Gasteiger partial charge in [0.2, 0.25) is 6.35 Å². The standard InChI is InChI=1S/C33H49FN4O2/c1-6-12-29(21-27(34)7-2)38-32(39)36-31(35-28-14-9-8-10-15-28)33(38)19-20-37(25(5)22-33)23-26-13-11-16-30(18-17-26)40-24(3)4/h7,11-13,16-17,21,24-25,28,32,39H,2,6,8-10,14-15,18-20,22-23H2,1,3-5H3,(H,35,36)/b27-21+,29-12+. The minimum absolute atomic E-state index is 0.164. The Morgan fingerprint density at radius 1 is 1.32 bits per heavy atom. The maximum atomic E-state index is 14.5. The van der Waals surface area contributed by atoms with Crippen LogP contribution in [0.1, 0.15) is 85.5 Å². The van der Waals surface area contributed by atoms with Crippen molar-refractivity contribution in [3.8, 4) is 0 Å². The molecular formula is C33H49FN4O2. The van der Waals surface area contributed by atoms with E-state index in [2.05, 4.69) is 61.9 Å². The van der Waals surface area contributed by atoms with Gasteiger partial charge in [-0.1, -0.05) is 57.1 Å². The number of hydrogen-bond donors (Lipinski definition) is 2. The number of piperidine rings is 1. The lowest BCUT2D eigenvalue weighted by Gasteiger charge is -2.50. The Morgan fingerprint density at radius 2 is 2.10 bits per heavy atom. The zero-order chi connectivity index (χ0) is 28.7. The molecule has 2 N–H and O–H groups in total. The molecule has 1 saturated heterocycles. The fourth-order valence-corrected chi connectivity index (χ4v) is 6.58. The van der Waals surface area contributed by atoms with Gasteiger partial charge in [-0.15, -0.1) is 0 Å². The normalized spacial score (nSPS) is 28.9. The highest BCUT2D eigenvalue weighted by Gasteiger charge is 2.53. The monoisotopic (exact) mass is 552 g/mol. The second-order valence-electron chi connectivity index (χ2n) is 11.9. The summed E-state index contributed by atoms with van der Waals surface area (Å²) in [6.45, 7) is 13.7. The number of amidine groups is 1. The molecule has 40 heavy (non-hydrogen) atoms. The minimum Gasteiger partial charge on any atom is -0.495 e. The molecule has 6 nitrogen and oxygen atoms in total. The first-order valence-corrected chi connectivity index (χ1v) is 15.2. The van der Waals surface area contributed by atoms with Gasteiger partial charge >= 0.3 is 0 Å². The van der Waals surface area contributed by atoms with Crippen molar-refractivity contribution >= 4 is 5.84 Å². The number of aliphatic hydroxyl groups is 1. The lowest BCUT2D eigenvalue weighted by atomic mass is 9.80. The van der Waals surface area contributed by atoms with Crippen LogP contribution in [-0.2, 0) is 4.74 Å². The number of aliphatic imine (C=N–C) groups is 1. The van der Waals surface area contributed by atoms with Crippen molar-refractivity contribution in [3.63, 3.8) is 0 Å². The largest absolute Gasteiger partial charge is 0.495 e. The highest BCUT2D eigenvalue weighted by molar-refractivity contribution is 5.94. The van der Waals surface area contributed by atoms with Gasteiger partial charge in [0.05, 0.1) is 6.10 Å². The Morgan fingerprint density at radius 3 is 2.77 bits per heavy atom. The van der Waals surface area contributed by atoms with Crippen LogP contribution in [0.25, 0.3) is 0 Å². The van der Waals surface area contributed by atoms with Gasteiger partial charge in [0.15, 0.2) is 0 Å². The van der Waals surface area contributed by atoms with E-state index in [0.29, 0.717) is 11.7 Å². The second kappa shape index (κ2) is 13.8. The number of aliphatic hydroxyl groups excluding tert-OH is 1. The van der Waals surface area contributed by atoms with E-state index in [1.807, 2.05) is 17.9 Å². The van der Waals surface area contributed by atoms with E-state index >= 15 is 0 Å². The van der Waals surface area contributed by atoms with Gasteiger partial charge in [-0.25, -0.2) is 9.38 Å². The summed E-state index contributed by atoms with van der Waals surface area (Å²) in [7, 11) is 0. The third-order valence-electron chi connectivity index (χ3n) is 8.50. The van der Waals surface area contributed by atoms with Crippen molar-refractivity contribution in [3.05, 3.63) is 72.0 Å². The molecule has 0 radical (unpaired) electrons. The highest BCUT2D eigenvalue weighted by atomic mass is 19.1. The Hall–Kier alpha value is -2.64. The lowest BCUT2D eigenvalue weighted by molar-refractivity contribution is -0.0234. The van der Waals surface area contributed by atoms with Gasteiger partial charge in [0.25, 0.3) is 0 Å². The summed E-state index contributed by atoms with van der Waals surface area (Å²) < 4.78 is 20.5. The topological polar surface area (TPSA) is 60.3 Å². The van der Waals surface area contributed by atoms with E-state index in [0.717, 1.165) is 63.2 Å². The molecule has 220 valence electrons. The Kier molecular flexibility index (Phi) is 10.5. The molecule has 2 aliphatic heterocycles. The van der Waals surface area contributed by atoms with Gasteiger partial charge in [-0.05, 0) is 76.7 Å². The maximum Gasteiger partial charge on any atom is 0.228 e. The number of nitrogens with zero attached hydrogens (tertiary/aromatic N) is 3. The number of likely N-dealkylation sites (tertiary alicyclic amines) is 1. The van der Waals surface area contributed by atoms with Crippen LogP contribution in [0, 0.1) is 0 Å². The number of allylic oxidation sites excluding steroid dienone is 7. The third-order valence-corrected chi connectivity index (χ3v) is 8.50. The molecule has 1 spiro atoms. The van der Waals surface area contributed by atoms with Crippen LogP contribution in [0.4, 0.5) is 4.39 Å². The van der Waals surface area contributed by atoms with Crippen LogP contribution in [0.3, 0.4) is 0 Å². The molecule has 0 aromatic rings. The van der Waals surface area contributed by atoms with E-state index in [9.17, 15) is 9.50 Å². The SMILES string of the molecule is C=C/C(F)=C\C(=C/CC)N1C(O)N=C(NC2CCCCC2)C12CCN(CC1=CCC(OC(C)C)=CC=C1)C(C)C2. The first kappa shape index (κ1) is 30.3. The summed E-state index contributed by atoms with van der Waals surface area (Å²) >= 11 is 0. The predicted octanol–water partition coefficient (Wildman–Crippen LogP) is 6.65. The summed E-state index contributed by atoms with van der Waals surface area (Å²) in [6, 6.07) is 0.591. The molecule has 1 saturated carbocycles. The van der Waals surface area contributed by atoms with E-state index in [1.165, 1.54) is 37.0 Å². The van der Waals surface area contributed by atoms with E-state index < -0.39 is 17.7 Å². The molecule has 0 amide bonds. The first-order chi connectivity index (χ1) is 19.3. The Bertz CT molecular complexity index is 1080. The molecule has 0 aromatic carbocycles. The van der Waals surface area contributed by atoms with E-state index in [1.54, 1.807) is 0 Å². The molecular weight excluding hydrogens is 503 g/mol. The smallest absolute Gasteiger partial charge is 0.228 e. The van der Waals surface area contributed by atoms with Crippen molar-refractivity contribution in [1.29, 1.82) is 0 Å². The van der Waals surface area contributed by atoms with Crippen LogP contribution in [-0.4, -0.2) is 63.9 Å². The zero-order valence-electron chi connectivity index (χ0n) is 24.9. The summed E-state index contributed by atoms with van der Waals surface area (Å²) in [5, 5.41) is 15.1. The van der Waals surface area contributed by atoms with Crippen LogP contribution >= 0.6 is 0 Å².